The van der Waals surface area contributed by atoms with Crippen LogP contribution in [0.1, 0.15) is 43.4 Å². The predicted octanol–water partition coefficient (Wildman–Crippen LogP) is 3.98. The van der Waals surface area contributed by atoms with Crippen molar-refractivity contribution in [2.75, 3.05) is 13.2 Å². The number of carbonyl (C=O) groups excluding carboxylic acids is 2. The minimum Gasteiger partial charge on any atom is -0.508 e. The van der Waals surface area contributed by atoms with Crippen LogP contribution in [0.2, 0.25) is 0 Å². The molecule has 5 N–H and O–H groups in total. The topological polar surface area (TPSA) is 154 Å². The largest absolute Gasteiger partial charge is 0.508 e. The first-order chi connectivity index (χ1) is 18.7. The summed E-state index contributed by atoms with van der Waals surface area (Å²) in [6.45, 7) is 1.43. The monoisotopic (exact) mass is 536 g/mol. The van der Waals surface area contributed by atoms with Crippen LogP contribution in [-0.4, -0.2) is 56.8 Å². The number of benzene rings is 2. The van der Waals surface area contributed by atoms with Crippen LogP contribution in [0, 0.1) is 0 Å². The Morgan fingerprint density at radius 1 is 1.08 bits per heavy atom. The van der Waals surface area contributed by atoms with Gasteiger partial charge in [-0.15, -0.1) is 0 Å². The van der Waals surface area contributed by atoms with Gasteiger partial charge in [0.15, 0.2) is 0 Å². The van der Waals surface area contributed by atoms with Crippen LogP contribution in [0.25, 0.3) is 6.08 Å². The first-order valence-electron chi connectivity index (χ1n) is 12.4. The number of carbonyl (C=O) groups is 2. The van der Waals surface area contributed by atoms with Crippen LogP contribution in [0.5, 0.6) is 17.2 Å². The van der Waals surface area contributed by atoms with Crippen molar-refractivity contribution in [1.29, 1.82) is 0 Å². The molecule has 0 bridgehead atoms. The molecule has 1 aliphatic heterocycles. The van der Waals surface area contributed by atoms with Gasteiger partial charge in [0.1, 0.15) is 30.0 Å². The SMILES string of the molecule is CC(=CCC(O)C(=CCCC1=CC(c2cc(O)ccc2O)OC1=O)CO)COC(=O)C=Cc1ccc(O)cc1. The zero-order valence-electron chi connectivity index (χ0n) is 21.5. The van der Waals surface area contributed by atoms with Crippen LogP contribution >= 0.6 is 0 Å². The van der Waals surface area contributed by atoms with Gasteiger partial charge in [-0.05, 0) is 85.4 Å². The molecule has 0 amide bonds. The number of ether oxygens (including phenoxy) is 2. The van der Waals surface area contributed by atoms with Crippen molar-refractivity contribution in [1.82, 2.24) is 0 Å². The zero-order valence-corrected chi connectivity index (χ0v) is 21.5. The van der Waals surface area contributed by atoms with E-state index in [2.05, 4.69) is 0 Å². The van der Waals surface area contributed by atoms with E-state index in [1.54, 1.807) is 43.4 Å². The van der Waals surface area contributed by atoms with E-state index in [9.17, 15) is 35.1 Å². The van der Waals surface area contributed by atoms with Crippen LogP contribution in [0.3, 0.4) is 0 Å². The van der Waals surface area contributed by atoms with E-state index >= 15 is 0 Å². The van der Waals surface area contributed by atoms with E-state index in [4.69, 9.17) is 9.47 Å². The van der Waals surface area contributed by atoms with E-state index < -0.39 is 24.1 Å². The second-order valence-electron chi connectivity index (χ2n) is 9.07. The van der Waals surface area contributed by atoms with E-state index in [0.29, 0.717) is 24.0 Å². The van der Waals surface area contributed by atoms with E-state index in [-0.39, 0.29) is 42.4 Å². The maximum Gasteiger partial charge on any atom is 0.334 e. The highest BCUT2D eigenvalue weighted by Crippen LogP contribution is 2.36. The number of allylic oxidation sites excluding steroid dienone is 1. The van der Waals surface area contributed by atoms with Gasteiger partial charge in [0.05, 0.1) is 12.7 Å². The van der Waals surface area contributed by atoms with Crippen molar-refractivity contribution in [3.05, 3.63) is 94.6 Å². The highest BCUT2D eigenvalue weighted by molar-refractivity contribution is 5.91. The summed E-state index contributed by atoms with van der Waals surface area (Å²) in [5.41, 5.74) is 2.52. The number of aromatic hydroxyl groups is 3. The Morgan fingerprint density at radius 2 is 1.79 bits per heavy atom. The van der Waals surface area contributed by atoms with Crippen LogP contribution in [-0.2, 0) is 19.1 Å². The molecule has 2 unspecified atom stereocenters. The summed E-state index contributed by atoms with van der Waals surface area (Å²) in [6.07, 6.45) is 6.90. The summed E-state index contributed by atoms with van der Waals surface area (Å²) in [7, 11) is 0. The van der Waals surface area contributed by atoms with Gasteiger partial charge in [0, 0.05) is 17.2 Å². The lowest BCUT2D eigenvalue weighted by atomic mass is 10.0. The van der Waals surface area contributed by atoms with Gasteiger partial charge in [0.2, 0.25) is 0 Å². The van der Waals surface area contributed by atoms with Crippen LogP contribution < -0.4 is 0 Å². The molecule has 206 valence electrons. The normalized spacial score (nSPS) is 16.7. The third-order valence-corrected chi connectivity index (χ3v) is 6.03. The first-order valence-corrected chi connectivity index (χ1v) is 12.4. The number of phenolic OH excluding ortho intramolecular Hbond substituents is 3. The molecule has 0 aromatic heterocycles. The quantitative estimate of drug-likeness (QED) is 0.117. The molecule has 0 radical (unpaired) electrons. The van der Waals surface area contributed by atoms with Gasteiger partial charge in [-0.25, -0.2) is 9.59 Å². The highest BCUT2D eigenvalue weighted by atomic mass is 16.5. The molecule has 2 aromatic carbocycles. The van der Waals surface area contributed by atoms with Crippen LogP contribution in [0.4, 0.5) is 0 Å². The molecule has 0 fully saturated rings. The molecule has 9 nitrogen and oxygen atoms in total. The van der Waals surface area contributed by atoms with E-state index in [1.807, 2.05) is 0 Å². The molecule has 2 aromatic rings. The Kier molecular flexibility index (Phi) is 10.5. The first kappa shape index (κ1) is 29.2. The predicted molar refractivity (Wildman–Crippen MR) is 144 cm³/mol. The van der Waals surface area contributed by atoms with Crippen molar-refractivity contribution in [3.63, 3.8) is 0 Å². The lowest BCUT2D eigenvalue weighted by molar-refractivity contribution is -0.140. The van der Waals surface area contributed by atoms with Crippen molar-refractivity contribution in [2.24, 2.45) is 0 Å². The number of aliphatic hydroxyl groups is 2. The number of aliphatic hydroxyl groups excluding tert-OH is 2. The number of phenols is 3. The summed E-state index contributed by atoms with van der Waals surface area (Å²) in [4.78, 5) is 24.2. The molecular formula is C30H32O9. The number of hydrogen-bond acceptors (Lipinski definition) is 9. The lowest BCUT2D eigenvalue weighted by Crippen LogP contribution is -2.13. The average Bonchev–Trinajstić information content (AvgIpc) is 3.29. The molecule has 0 aliphatic carbocycles. The lowest BCUT2D eigenvalue weighted by Gasteiger charge is -2.12. The zero-order chi connectivity index (χ0) is 28.4. The fraction of sp³-hybridized carbons (Fsp3) is 0.267. The molecule has 9 heteroatoms. The molecule has 3 rings (SSSR count). The summed E-state index contributed by atoms with van der Waals surface area (Å²) in [5, 5.41) is 49.1. The van der Waals surface area contributed by atoms with Crippen molar-refractivity contribution in [2.45, 2.75) is 38.4 Å². The Balaban J connectivity index is 1.47. The minimum absolute atomic E-state index is 0.0375. The molecular weight excluding hydrogens is 504 g/mol. The summed E-state index contributed by atoms with van der Waals surface area (Å²) >= 11 is 0. The van der Waals surface area contributed by atoms with E-state index in [0.717, 1.165) is 11.1 Å². The molecule has 0 spiro atoms. The van der Waals surface area contributed by atoms with Gasteiger partial charge in [-0.1, -0.05) is 24.3 Å². The Bertz CT molecular complexity index is 1290. The smallest absolute Gasteiger partial charge is 0.334 e. The maximum atomic E-state index is 12.2. The Morgan fingerprint density at radius 3 is 2.51 bits per heavy atom. The standard InChI is InChI=1S/C30H32O9/c1-19(18-38-29(36)14-8-20-6-9-23(32)10-7-20)5-12-26(34)22(17-31)4-2-3-21-15-28(39-30(21)37)25-16-24(33)11-13-27(25)35/h4-11,13-16,26,28,31-35H,2-3,12,17-18H2,1H3. The molecule has 1 aliphatic rings. The second kappa shape index (κ2) is 14.0. The number of hydrogen-bond donors (Lipinski definition) is 5. The molecule has 39 heavy (non-hydrogen) atoms. The number of esters is 2. The molecule has 2 atom stereocenters. The summed E-state index contributed by atoms with van der Waals surface area (Å²) in [6, 6.07) is 10.3. The fourth-order valence-corrected chi connectivity index (χ4v) is 3.81. The molecule has 0 saturated carbocycles. The summed E-state index contributed by atoms with van der Waals surface area (Å²) in [5.74, 6) is -1.09. The summed E-state index contributed by atoms with van der Waals surface area (Å²) < 4.78 is 10.5. The van der Waals surface area contributed by atoms with Gasteiger partial charge in [-0.2, -0.15) is 0 Å². The minimum atomic E-state index is -0.962. The third-order valence-electron chi connectivity index (χ3n) is 6.03. The number of rotatable bonds is 12. The Hall–Kier alpha value is -4.34. The van der Waals surface area contributed by atoms with Crippen molar-refractivity contribution >= 4 is 18.0 Å². The fourth-order valence-electron chi connectivity index (χ4n) is 3.81. The number of cyclic esters (lactones) is 1. The second-order valence-corrected chi connectivity index (χ2v) is 9.07. The third kappa shape index (κ3) is 8.87. The van der Waals surface area contributed by atoms with Crippen LogP contribution in [0.15, 0.2) is 83.5 Å². The van der Waals surface area contributed by atoms with Gasteiger partial charge in [-0.3, -0.25) is 0 Å². The van der Waals surface area contributed by atoms with Gasteiger partial charge >= 0.3 is 11.9 Å². The van der Waals surface area contributed by atoms with Gasteiger partial charge < -0.3 is 35.0 Å². The van der Waals surface area contributed by atoms with Gasteiger partial charge in [0.25, 0.3) is 0 Å². The van der Waals surface area contributed by atoms with Crippen molar-refractivity contribution in [3.8, 4) is 17.2 Å². The molecule has 1 heterocycles. The maximum absolute atomic E-state index is 12.2. The Labute approximate surface area is 226 Å². The highest BCUT2D eigenvalue weighted by Gasteiger charge is 2.28. The van der Waals surface area contributed by atoms with Crippen molar-refractivity contribution < 1.29 is 44.6 Å². The van der Waals surface area contributed by atoms with E-state index in [1.165, 1.54) is 36.4 Å². The average molecular weight is 537 g/mol. The molecule has 0 saturated heterocycles.